The lowest BCUT2D eigenvalue weighted by Gasteiger charge is -2.29. The molecule has 0 saturated carbocycles. The van der Waals surface area contributed by atoms with Crippen LogP contribution in [0.4, 0.5) is 11.4 Å². The fraction of sp³-hybridized carbons (Fsp3) is 0.360. The number of amides is 2. The molecule has 0 spiro atoms. The van der Waals surface area contributed by atoms with Gasteiger partial charge in [0.25, 0.3) is 5.91 Å². The molecule has 2 aromatic carbocycles. The van der Waals surface area contributed by atoms with E-state index in [0.29, 0.717) is 37.3 Å². The van der Waals surface area contributed by atoms with Crippen LogP contribution in [0.3, 0.4) is 0 Å². The van der Waals surface area contributed by atoms with Crippen LogP contribution in [0.1, 0.15) is 24.5 Å². The van der Waals surface area contributed by atoms with E-state index in [2.05, 4.69) is 5.32 Å². The highest BCUT2D eigenvalue weighted by atomic mass is 16.3. The number of nitrogens with zero attached hydrogens (tertiary/aromatic N) is 2. The van der Waals surface area contributed by atoms with Crippen molar-refractivity contribution < 1.29 is 19.8 Å². The largest absolute Gasteiger partial charge is 0.396 e. The molecule has 0 unspecified atom stereocenters. The van der Waals surface area contributed by atoms with Crippen LogP contribution in [0.5, 0.6) is 0 Å². The Balaban J connectivity index is 1.63. The summed E-state index contributed by atoms with van der Waals surface area (Å²) >= 11 is 0. The number of nitrogens with one attached hydrogen (secondary N) is 1. The summed E-state index contributed by atoms with van der Waals surface area (Å²) in [4.78, 5) is 29.2. The first-order valence-electron chi connectivity index (χ1n) is 11.0. The van der Waals surface area contributed by atoms with Gasteiger partial charge < -0.3 is 25.3 Å². The number of piperazine rings is 1. The summed E-state index contributed by atoms with van der Waals surface area (Å²) < 4.78 is 0. The minimum absolute atomic E-state index is 0.0181. The Morgan fingerprint density at radius 2 is 2.00 bits per heavy atom. The van der Waals surface area contributed by atoms with E-state index >= 15 is 0 Å². The second kappa shape index (κ2) is 9.24. The molecule has 2 aliphatic heterocycles. The molecule has 2 aromatic rings. The second-order valence-electron chi connectivity index (χ2n) is 8.30. The fourth-order valence-electron chi connectivity index (χ4n) is 4.46. The Hall–Kier alpha value is -3.00. The molecule has 168 valence electrons. The number of para-hydroxylation sites is 1. The maximum atomic E-state index is 13.5. The maximum absolute atomic E-state index is 13.5. The number of rotatable bonds is 7. The summed E-state index contributed by atoms with van der Waals surface area (Å²) in [5.41, 5.74) is 1.29. The fourth-order valence-corrected chi connectivity index (χ4v) is 4.46. The number of aliphatic hydroxyl groups is 2. The third kappa shape index (κ3) is 3.95. The summed E-state index contributed by atoms with van der Waals surface area (Å²) in [5, 5.41) is 23.7. The van der Waals surface area contributed by atoms with Gasteiger partial charge in [-0.2, -0.15) is 0 Å². The summed E-state index contributed by atoms with van der Waals surface area (Å²) in [6.45, 7) is 3.77. The summed E-state index contributed by atoms with van der Waals surface area (Å²) in [6, 6.07) is 15.0. The molecule has 4 rings (SSSR count). The maximum Gasteiger partial charge on any atom is 0.264 e. The quantitative estimate of drug-likeness (QED) is 0.578. The van der Waals surface area contributed by atoms with Crippen molar-refractivity contribution in [2.75, 3.05) is 36.0 Å². The van der Waals surface area contributed by atoms with Gasteiger partial charge in [0.1, 0.15) is 0 Å². The van der Waals surface area contributed by atoms with Crippen molar-refractivity contribution >= 4 is 23.2 Å². The molecule has 32 heavy (non-hydrogen) atoms. The number of hydrogen-bond acceptors (Lipinski definition) is 5. The molecular formula is C25H29N3O4. The first kappa shape index (κ1) is 22.2. The van der Waals surface area contributed by atoms with Crippen molar-refractivity contribution in [3.63, 3.8) is 0 Å². The van der Waals surface area contributed by atoms with E-state index in [4.69, 9.17) is 5.11 Å². The molecule has 2 amide bonds. The van der Waals surface area contributed by atoms with E-state index in [0.717, 1.165) is 17.8 Å². The van der Waals surface area contributed by atoms with Crippen LogP contribution >= 0.6 is 0 Å². The Morgan fingerprint density at radius 1 is 1.19 bits per heavy atom. The predicted molar refractivity (Wildman–Crippen MR) is 123 cm³/mol. The highest BCUT2D eigenvalue weighted by Crippen LogP contribution is 2.45. The van der Waals surface area contributed by atoms with Crippen molar-refractivity contribution in [1.29, 1.82) is 0 Å². The van der Waals surface area contributed by atoms with Crippen LogP contribution < -0.4 is 15.1 Å². The first-order chi connectivity index (χ1) is 15.5. The van der Waals surface area contributed by atoms with Gasteiger partial charge in [-0.25, -0.2) is 0 Å². The number of anilines is 2. The molecule has 7 nitrogen and oxygen atoms in total. The molecule has 3 N–H and O–H groups in total. The van der Waals surface area contributed by atoms with Gasteiger partial charge in [0.2, 0.25) is 5.91 Å². The third-order valence-corrected chi connectivity index (χ3v) is 6.21. The monoisotopic (exact) mass is 435 g/mol. The summed E-state index contributed by atoms with van der Waals surface area (Å²) in [7, 11) is 0. The minimum Gasteiger partial charge on any atom is -0.396 e. The van der Waals surface area contributed by atoms with E-state index in [9.17, 15) is 14.7 Å². The molecule has 0 radical (unpaired) electrons. The van der Waals surface area contributed by atoms with Crippen LogP contribution in [-0.4, -0.2) is 48.3 Å². The number of benzene rings is 2. The van der Waals surface area contributed by atoms with Gasteiger partial charge in [-0.3, -0.25) is 9.59 Å². The Bertz CT molecular complexity index is 1040. The van der Waals surface area contributed by atoms with Crippen molar-refractivity contribution in [3.05, 3.63) is 71.8 Å². The number of fused-ring (bicyclic) bond motifs is 1. The molecule has 0 aliphatic carbocycles. The van der Waals surface area contributed by atoms with E-state index in [1.54, 1.807) is 28.0 Å². The lowest BCUT2D eigenvalue weighted by atomic mass is 9.83. The topological polar surface area (TPSA) is 93.1 Å². The van der Waals surface area contributed by atoms with Gasteiger partial charge in [-0.05, 0) is 30.2 Å². The molecule has 2 heterocycles. The molecule has 2 aliphatic rings. The summed E-state index contributed by atoms with van der Waals surface area (Å²) in [6.07, 6.45) is 4.04. The van der Waals surface area contributed by atoms with E-state index < -0.39 is 11.5 Å². The van der Waals surface area contributed by atoms with Gasteiger partial charge in [-0.15, -0.1) is 0 Å². The lowest BCUT2D eigenvalue weighted by molar-refractivity contribution is -0.139. The number of aliphatic hydroxyl groups excluding tert-OH is 1. The minimum atomic E-state index is -1.67. The molecular weight excluding hydrogens is 406 g/mol. The molecule has 0 bridgehead atoms. The smallest absolute Gasteiger partial charge is 0.264 e. The SMILES string of the molecule is C[C@H](/C=C/CCO)[C@@]1(O)C(=O)N(Cc2cccc(N3CCNCC3=O)c2)c2ccccc21. The predicted octanol–water partition coefficient (Wildman–Crippen LogP) is 1.93. The van der Waals surface area contributed by atoms with Gasteiger partial charge in [-0.1, -0.05) is 49.4 Å². The van der Waals surface area contributed by atoms with E-state index in [-0.39, 0.29) is 18.4 Å². The average molecular weight is 436 g/mol. The zero-order valence-corrected chi connectivity index (χ0v) is 18.2. The van der Waals surface area contributed by atoms with Crippen LogP contribution in [0, 0.1) is 5.92 Å². The molecule has 0 aromatic heterocycles. The molecule has 7 heteroatoms. The first-order valence-corrected chi connectivity index (χ1v) is 11.0. The molecule has 2 atom stereocenters. The Labute approximate surface area is 188 Å². The van der Waals surface area contributed by atoms with Crippen molar-refractivity contribution in [3.8, 4) is 0 Å². The Morgan fingerprint density at radius 3 is 2.78 bits per heavy atom. The number of carbonyl (C=O) groups is 2. The Kier molecular flexibility index (Phi) is 6.41. The standard InChI is InChI=1S/C25H29N3O4/c1-18(7-4-5-14-29)25(32)21-10-2-3-11-22(21)28(24(25)31)17-19-8-6-9-20(15-19)27-13-12-26-16-23(27)30/h2-4,6-11,15,18,26,29,32H,5,12-14,16-17H2,1H3/b7-4+/t18-,25+/m1/s1. The van der Waals surface area contributed by atoms with Crippen LogP contribution in [0.2, 0.25) is 0 Å². The van der Waals surface area contributed by atoms with Crippen LogP contribution in [0.25, 0.3) is 0 Å². The lowest BCUT2D eigenvalue weighted by Crippen LogP contribution is -2.48. The zero-order valence-electron chi connectivity index (χ0n) is 18.2. The third-order valence-electron chi connectivity index (χ3n) is 6.21. The van der Waals surface area contributed by atoms with Crippen molar-refractivity contribution in [2.45, 2.75) is 25.5 Å². The van der Waals surface area contributed by atoms with Gasteiger partial charge >= 0.3 is 0 Å². The van der Waals surface area contributed by atoms with Crippen LogP contribution in [-0.2, 0) is 21.7 Å². The number of hydrogen-bond donors (Lipinski definition) is 3. The van der Waals surface area contributed by atoms with Crippen molar-refractivity contribution in [2.24, 2.45) is 5.92 Å². The van der Waals surface area contributed by atoms with E-state index in [1.807, 2.05) is 49.4 Å². The average Bonchev–Trinajstić information content (AvgIpc) is 3.02. The molecule has 1 fully saturated rings. The highest BCUT2D eigenvalue weighted by molar-refractivity contribution is 6.07. The van der Waals surface area contributed by atoms with E-state index in [1.165, 1.54) is 0 Å². The molecule has 1 saturated heterocycles. The van der Waals surface area contributed by atoms with Crippen molar-refractivity contribution in [1.82, 2.24) is 5.32 Å². The number of carbonyl (C=O) groups excluding carboxylic acids is 2. The van der Waals surface area contributed by atoms with Crippen LogP contribution in [0.15, 0.2) is 60.7 Å². The second-order valence-corrected chi connectivity index (χ2v) is 8.30. The van der Waals surface area contributed by atoms with Gasteiger partial charge in [0.05, 0.1) is 18.8 Å². The normalized spacial score (nSPS) is 22.0. The van der Waals surface area contributed by atoms with Gasteiger partial charge in [0, 0.05) is 36.9 Å². The zero-order chi connectivity index (χ0) is 22.7. The highest BCUT2D eigenvalue weighted by Gasteiger charge is 2.52. The van der Waals surface area contributed by atoms with Gasteiger partial charge in [0.15, 0.2) is 5.60 Å². The summed E-state index contributed by atoms with van der Waals surface area (Å²) in [5.74, 6) is -0.810.